The number of rotatable bonds is 9. The van der Waals surface area contributed by atoms with Crippen molar-refractivity contribution >= 4 is 29.4 Å². The molecule has 1 aromatic carbocycles. The topological polar surface area (TPSA) is 119 Å². The van der Waals surface area contributed by atoms with Gasteiger partial charge in [0.1, 0.15) is 0 Å². The first kappa shape index (κ1) is 19.6. The predicted octanol–water partition coefficient (Wildman–Crippen LogP) is 1.15. The number of carboxylic acids is 1. The zero-order valence-corrected chi connectivity index (χ0v) is 14.1. The largest absolute Gasteiger partial charge is 0.493 e. The number of amides is 2. The Labute approximate surface area is 144 Å². The molecule has 0 heterocycles. The quantitative estimate of drug-likeness (QED) is 0.683. The molecule has 0 aromatic heterocycles. The molecule has 0 saturated carbocycles. The van der Waals surface area contributed by atoms with Gasteiger partial charge in [0.2, 0.25) is 0 Å². The fourth-order valence-corrected chi connectivity index (χ4v) is 2.21. The molecule has 0 radical (unpaired) electrons. The molecule has 8 nitrogen and oxygen atoms in total. The van der Waals surface area contributed by atoms with Crippen LogP contribution in [0.25, 0.3) is 0 Å². The van der Waals surface area contributed by atoms with E-state index in [4.69, 9.17) is 31.9 Å². The smallest absolute Gasteiger partial charge is 0.305 e. The molecule has 0 saturated heterocycles. The molecule has 0 spiro atoms. The van der Waals surface area contributed by atoms with Gasteiger partial charge in [-0.15, -0.1) is 0 Å². The molecule has 0 aliphatic carbocycles. The van der Waals surface area contributed by atoms with Crippen LogP contribution in [0.5, 0.6) is 11.5 Å². The van der Waals surface area contributed by atoms with E-state index in [-0.39, 0.29) is 47.6 Å². The summed E-state index contributed by atoms with van der Waals surface area (Å²) in [5, 5.41) is 8.82. The molecule has 9 heteroatoms. The van der Waals surface area contributed by atoms with Crippen LogP contribution in [0.1, 0.15) is 23.7 Å². The summed E-state index contributed by atoms with van der Waals surface area (Å²) in [4.78, 5) is 35.4. The minimum absolute atomic E-state index is 0.0739. The third kappa shape index (κ3) is 5.31. The number of halogens is 1. The molecule has 0 unspecified atom stereocenters. The van der Waals surface area contributed by atoms with Crippen LogP contribution in [0.15, 0.2) is 12.1 Å². The van der Waals surface area contributed by atoms with Crippen LogP contribution in [-0.4, -0.2) is 54.6 Å². The molecular weight excluding hydrogens is 340 g/mol. The van der Waals surface area contributed by atoms with Gasteiger partial charge in [-0.2, -0.15) is 0 Å². The number of ether oxygens (including phenoxy) is 2. The van der Waals surface area contributed by atoms with Crippen molar-refractivity contribution in [3.63, 3.8) is 0 Å². The number of nitrogens with two attached hydrogens (primary N) is 1. The van der Waals surface area contributed by atoms with E-state index in [1.54, 1.807) is 6.92 Å². The number of nitrogens with zero attached hydrogens (tertiary/aromatic N) is 1. The third-order valence-corrected chi connectivity index (χ3v) is 3.38. The number of benzene rings is 1. The van der Waals surface area contributed by atoms with E-state index in [0.717, 1.165) is 0 Å². The monoisotopic (exact) mass is 358 g/mol. The van der Waals surface area contributed by atoms with Crippen molar-refractivity contribution in [1.82, 2.24) is 4.90 Å². The number of aliphatic carboxylic acids is 1. The highest BCUT2D eigenvalue weighted by Gasteiger charge is 2.20. The SMILES string of the molecule is CCN(CCC(=O)O)C(=O)c1cc(Cl)c(OCC(N)=O)c(OC)c1. The van der Waals surface area contributed by atoms with Crippen molar-refractivity contribution < 1.29 is 29.0 Å². The van der Waals surface area contributed by atoms with Crippen LogP contribution < -0.4 is 15.2 Å². The van der Waals surface area contributed by atoms with Gasteiger partial charge in [-0.25, -0.2) is 0 Å². The van der Waals surface area contributed by atoms with Gasteiger partial charge in [0.25, 0.3) is 11.8 Å². The second-order valence-electron chi connectivity index (χ2n) is 4.77. The highest BCUT2D eigenvalue weighted by Crippen LogP contribution is 2.36. The van der Waals surface area contributed by atoms with Gasteiger partial charge < -0.3 is 25.2 Å². The molecule has 3 N–H and O–H groups in total. The lowest BCUT2D eigenvalue weighted by Crippen LogP contribution is -2.32. The van der Waals surface area contributed by atoms with Crippen LogP contribution in [0, 0.1) is 0 Å². The van der Waals surface area contributed by atoms with Gasteiger partial charge in [-0.3, -0.25) is 14.4 Å². The minimum atomic E-state index is -0.993. The Balaban J connectivity index is 3.06. The maximum absolute atomic E-state index is 12.5. The fraction of sp³-hybridized carbons (Fsp3) is 0.400. The first-order valence-corrected chi connectivity index (χ1v) is 7.47. The summed E-state index contributed by atoms with van der Waals surface area (Å²) in [6.45, 7) is 1.77. The van der Waals surface area contributed by atoms with E-state index in [9.17, 15) is 14.4 Å². The van der Waals surface area contributed by atoms with E-state index >= 15 is 0 Å². The van der Waals surface area contributed by atoms with E-state index in [1.165, 1.54) is 24.1 Å². The van der Waals surface area contributed by atoms with Crippen LogP contribution in [0.4, 0.5) is 0 Å². The highest BCUT2D eigenvalue weighted by atomic mass is 35.5. The minimum Gasteiger partial charge on any atom is -0.493 e. The summed E-state index contributed by atoms with van der Waals surface area (Å²) in [5.74, 6) is -1.80. The number of carboxylic acid groups (broad SMARTS) is 1. The normalized spacial score (nSPS) is 10.1. The number of carbonyl (C=O) groups is 3. The average molecular weight is 359 g/mol. The Morgan fingerprint density at radius 3 is 2.50 bits per heavy atom. The second kappa shape index (κ2) is 8.97. The zero-order chi connectivity index (χ0) is 18.3. The van der Waals surface area contributed by atoms with Gasteiger partial charge in [0.05, 0.1) is 18.6 Å². The number of primary amides is 1. The highest BCUT2D eigenvalue weighted by molar-refractivity contribution is 6.32. The van der Waals surface area contributed by atoms with E-state index in [1.807, 2.05) is 0 Å². The predicted molar refractivity (Wildman–Crippen MR) is 86.5 cm³/mol. The van der Waals surface area contributed by atoms with Gasteiger partial charge >= 0.3 is 5.97 Å². The van der Waals surface area contributed by atoms with Crippen LogP contribution >= 0.6 is 11.6 Å². The van der Waals surface area contributed by atoms with Crippen molar-refractivity contribution in [3.05, 3.63) is 22.7 Å². The molecular formula is C15H19ClN2O6. The lowest BCUT2D eigenvalue weighted by atomic mass is 10.1. The zero-order valence-electron chi connectivity index (χ0n) is 13.4. The van der Waals surface area contributed by atoms with Crippen LogP contribution in [0.3, 0.4) is 0 Å². The van der Waals surface area contributed by atoms with E-state index in [0.29, 0.717) is 6.54 Å². The Bertz CT molecular complexity index is 635. The molecule has 0 atom stereocenters. The van der Waals surface area contributed by atoms with Gasteiger partial charge in [0.15, 0.2) is 18.1 Å². The Morgan fingerprint density at radius 1 is 1.33 bits per heavy atom. The second-order valence-corrected chi connectivity index (χ2v) is 5.18. The summed E-state index contributed by atoms with van der Waals surface area (Å²) in [7, 11) is 1.36. The molecule has 1 aromatic rings. The molecule has 132 valence electrons. The number of carbonyl (C=O) groups excluding carboxylic acids is 2. The Kier molecular flexibility index (Phi) is 7.31. The summed E-state index contributed by atoms with van der Waals surface area (Å²) in [5.41, 5.74) is 5.24. The van der Waals surface area contributed by atoms with E-state index in [2.05, 4.69) is 0 Å². The first-order valence-electron chi connectivity index (χ1n) is 7.09. The summed E-state index contributed by atoms with van der Waals surface area (Å²) in [6, 6.07) is 2.78. The van der Waals surface area contributed by atoms with Gasteiger partial charge in [-0.05, 0) is 19.1 Å². The number of hydrogen-bond acceptors (Lipinski definition) is 5. The Hall–Kier alpha value is -2.48. The molecule has 0 bridgehead atoms. The van der Waals surface area contributed by atoms with E-state index < -0.39 is 11.9 Å². The standard InChI is InChI=1S/C15H19ClN2O6/c1-3-18(5-4-13(20)21)15(22)9-6-10(16)14(11(7-9)23-2)24-8-12(17)19/h6-7H,3-5,8H2,1-2H3,(H2,17,19)(H,20,21). The third-order valence-electron chi connectivity index (χ3n) is 3.10. The number of methoxy groups -OCH3 is 1. The van der Waals surface area contributed by atoms with Crippen LogP contribution in [0.2, 0.25) is 5.02 Å². The first-order chi connectivity index (χ1) is 11.3. The van der Waals surface area contributed by atoms with Crippen molar-refractivity contribution in [1.29, 1.82) is 0 Å². The molecule has 24 heavy (non-hydrogen) atoms. The van der Waals surface area contributed by atoms with Crippen molar-refractivity contribution in [2.75, 3.05) is 26.8 Å². The van der Waals surface area contributed by atoms with Gasteiger partial charge in [0, 0.05) is 18.7 Å². The molecule has 0 aliphatic rings. The molecule has 2 amide bonds. The fourth-order valence-electron chi connectivity index (χ4n) is 1.94. The van der Waals surface area contributed by atoms with Crippen molar-refractivity contribution in [2.45, 2.75) is 13.3 Å². The summed E-state index contributed by atoms with van der Waals surface area (Å²) in [6.07, 6.45) is -0.162. The molecule has 0 aliphatic heterocycles. The Morgan fingerprint density at radius 2 is 2.00 bits per heavy atom. The molecule has 1 rings (SSSR count). The van der Waals surface area contributed by atoms with Crippen molar-refractivity contribution in [2.24, 2.45) is 5.73 Å². The lowest BCUT2D eigenvalue weighted by molar-refractivity contribution is -0.137. The van der Waals surface area contributed by atoms with Crippen molar-refractivity contribution in [3.8, 4) is 11.5 Å². The maximum Gasteiger partial charge on any atom is 0.305 e. The molecule has 0 fully saturated rings. The average Bonchev–Trinajstić information content (AvgIpc) is 2.52. The maximum atomic E-state index is 12.5. The van der Waals surface area contributed by atoms with Crippen LogP contribution in [-0.2, 0) is 9.59 Å². The lowest BCUT2D eigenvalue weighted by Gasteiger charge is -2.21. The van der Waals surface area contributed by atoms with Gasteiger partial charge in [-0.1, -0.05) is 11.6 Å². The summed E-state index contributed by atoms with van der Waals surface area (Å²) >= 11 is 6.09. The summed E-state index contributed by atoms with van der Waals surface area (Å²) < 4.78 is 10.3. The number of hydrogen-bond donors (Lipinski definition) is 2.